The fraction of sp³-hybridized carbons (Fsp3) is 0.357. The van der Waals surface area contributed by atoms with Crippen LogP contribution in [0.1, 0.15) is 29.8 Å². The van der Waals surface area contributed by atoms with E-state index in [1.165, 1.54) is 13.0 Å². The van der Waals surface area contributed by atoms with Crippen molar-refractivity contribution in [1.29, 1.82) is 0 Å². The van der Waals surface area contributed by atoms with Crippen molar-refractivity contribution in [3.05, 3.63) is 29.3 Å². The monoisotopic (exact) mass is 278 g/mol. The van der Waals surface area contributed by atoms with Gasteiger partial charge in [-0.25, -0.2) is 0 Å². The summed E-state index contributed by atoms with van der Waals surface area (Å²) in [6.07, 6.45) is 0. The molecule has 2 amide bonds. The smallest absolute Gasteiger partial charge is 0.315 e. The van der Waals surface area contributed by atoms with Crippen LogP contribution >= 0.6 is 0 Å². The summed E-state index contributed by atoms with van der Waals surface area (Å²) in [6.45, 7) is 5.39. The van der Waals surface area contributed by atoms with Gasteiger partial charge in [0.2, 0.25) is 5.91 Å². The van der Waals surface area contributed by atoms with E-state index in [0.717, 1.165) is 5.56 Å². The van der Waals surface area contributed by atoms with Crippen LogP contribution in [0.5, 0.6) is 0 Å². The number of anilines is 1. The first-order chi connectivity index (χ1) is 9.36. The summed E-state index contributed by atoms with van der Waals surface area (Å²) in [5.74, 6) is -3.20. The van der Waals surface area contributed by atoms with Crippen molar-refractivity contribution in [2.24, 2.45) is 5.92 Å². The Balaban J connectivity index is 2.95. The Bertz CT molecular complexity index is 540. The Kier molecular flexibility index (Phi) is 5.25. The maximum absolute atomic E-state index is 11.7. The molecule has 6 nitrogen and oxygen atoms in total. The van der Waals surface area contributed by atoms with Gasteiger partial charge in [0.25, 0.3) is 5.91 Å². The SMILES string of the molecule is CCNC(=O)c1ccc(C)c(NC(=O)C(C)C(=O)O)c1. The van der Waals surface area contributed by atoms with Crippen LogP contribution in [0, 0.1) is 12.8 Å². The number of hydrogen-bond acceptors (Lipinski definition) is 3. The van der Waals surface area contributed by atoms with E-state index in [4.69, 9.17) is 5.11 Å². The average Bonchev–Trinajstić information content (AvgIpc) is 2.40. The molecule has 3 N–H and O–H groups in total. The number of aliphatic carboxylic acids is 1. The van der Waals surface area contributed by atoms with Gasteiger partial charge in [0, 0.05) is 17.8 Å². The molecule has 0 radical (unpaired) electrons. The normalized spacial score (nSPS) is 11.6. The van der Waals surface area contributed by atoms with E-state index in [2.05, 4.69) is 10.6 Å². The van der Waals surface area contributed by atoms with Crippen molar-refractivity contribution in [2.75, 3.05) is 11.9 Å². The summed E-state index contributed by atoms with van der Waals surface area (Å²) in [5, 5.41) is 14.0. The minimum atomic E-state index is -1.19. The molecule has 0 saturated heterocycles. The highest BCUT2D eigenvalue weighted by atomic mass is 16.4. The Morgan fingerprint density at radius 1 is 1.30 bits per heavy atom. The van der Waals surface area contributed by atoms with E-state index in [-0.39, 0.29) is 5.91 Å². The van der Waals surface area contributed by atoms with Crippen LogP contribution in [0.15, 0.2) is 18.2 Å². The molecule has 0 spiro atoms. The largest absolute Gasteiger partial charge is 0.481 e. The maximum atomic E-state index is 11.7. The quantitative estimate of drug-likeness (QED) is 0.709. The van der Waals surface area contributed by atoms with Gasteiger partial charge in [-0.1, -0.05) is 6.07 Å². The molecule has 0 aromatic heterocycles. The molecule has 0 bridgehead atoms. The second kappa shape index (κ2) is 6.70. The number of carboxylic acid groups (broad SMARTS) is 1. The molecule has 108 valence electrons. The van der Waals surface area contributed by atoms with Gasteiger partial charge in [-0.2, -0.15) is 0 Å². The second-order valence-electron chi connectivity index (χ2n) is 4.44. The van der Waals surface area contributed by atoms with Crippen molar-refractivity contribution in [3.63, 3.8) is 0 Å². The number of carbonyl (C=O) groups is 3. The molecule has 0 aliphatic rings. The predicted octanol–water partition coefficient (Wildman–Crippen LogP) is 1.40. The lowest BCUT2D eigenvalue weighted by Gasteiger charge is -2.12. The molecule has 1 unspecified atom stereocenters. The lowest BCUT2D eigenvalue weighted by Crippen LogP contribution is -2.27. The molecule has 0 fully saturated rings. The fourth-order valence-corrected chi connectivity index (χ4v) is 1.51. The summed E-state index contributed by atoms with van der Waals surface area (Å²) in [7, 11) is 0. The first kappa shape index (κ1) is 15.7. The van der Waals surface area contributed by atoms with Crippen LogP contribution in [0.4, 0.5) is 5.69 Å². The number of rotatable bonds is 5. The highest BCUT2D eigenvalue weighted by Crippen LogP contribution is 2.18. The highest BCUT2D eigenvalue weighted by molar-refractivity contribution is 6.05. The molecule has 0 aliphatic heterocycles. The van der Waals surface area contributed by atoms with Gasteiger partial charge in [0.15, 0.2) is 0 Å². The third-order valence-electron chi connectivity index (χ3n) is 2.86. The van der Waals surface area contributed by atoms with Crippen LogP contribution in [-0.4, -0.2) is 29.4 Å². The van der Waals surface area contributed by atoms with E-state index >= 15 is 0 Å². The average molecular weight is 278 g/mol. The van der Waals surface area contributed by atoms with Crippen molar-refractivity contribution >= 4 is 23.5 Å². The molecule has 20 heavy (non-hydrogen) atoms. The third kappa shape index (κ3) is 3.81. The molecular formula is C14H18N2O4. The molecular weight excluding hydrogens is 260 g/mol. The zero-order valence-electron chi connectivity index (χ0n) is 11.7. The number of aryl methyl sites for hydroxylation is 1. The zero-order valence-corrected chi connectivity index (χ0v) is 11.7. The zero-order chi connectivity index (χ0) is 15.3. The summed E-state index contributed by atoms with van der Waals surface area (Å²) < 4.78 is 0. The Morgan fingerprint density at radius 2 is 1.95 bits per heavy atom. The van der Waals surface area contributed by atoms with E-state index in [1.807, 2.05) is 6.92 Å². The molecule has 0 heterocycles. The first-order valence-electron chi connectivity index (χ1n) is 6.29. The molecule has 1 rings (SSSR count). The third-order valence-corrected chi connectivity index (χ3v) is 2.86. The van der Waals surface area contributed by atoms with Crippen LogP contribution < -0.4 is 10.6 Å². The van der Waals surface area contributed by atoms with Crippen molar-refractivity contribution in [3.8, 4) is 0 Å². The molecule has 0 saturated carbocycles. The number of benzene rings is 1. The van der Waals surface area contributed by atoms with Gasteiger partial charge >= 0.3 is 5.97 Å². The van der Waals surface area contributed by atoms with E-state index in [9.17, 15) is 14.4 Å². The Labute approximate surface area is 117 Å². The molecule has 6 heteroatoms. The van der Waals surface area contributed by atoms with Crippen LogP contribution in [-0.2, 0) is 9.59 Å². The van der Waals surface area contributed by atoms with Crippen LogP contribution in [0.25, 0.3) is 0 Å². The number of carboxylic acids is 1. The number of hydrogen-bond donors (Lipinski definition) is 3. The van der Waals surface area contributed by atoms with Gasteiger partial charge in [0.1, 0.15) is 5.92 Å². The van der Waals surface area contributed by atoms with Crippen LogP contribution in [0.2, 0.25) is 0 Å². The summed E-state index contributed by atoms with van der Waals surface area (Å²) >= 11 is 0. The lowest BCUT2D eigenvalue weighted by atomic mass is 10.1. The maximum Gasteiger partial charge on any atom is 0.315 e. The molecule has 0 aliphatic carbocycles. The Hall–Kier alpha value is -2.37. The standard InChI is InChI=1S/C14H18N2O4/c1-4-15-13(18)10-6-5-8(2)11(7-10)16-12(17)9(3)14(19)20/h5-7,9H,4H2,1-3H3,(H,15,18)(H,16,17)(H,19,20). The first-order valence-corrected chi connectivity index (χ1v) is 6.29. The number of nitrogens with one attached hydrogen (secondary N) is 2. The topological polar surface area (TPSA) is 95.5 Å². The van der Waals surface area contributed by atoms with Gasteiger partial charge < -0.3 is 15.7 Å². The van der Waals surface area contributed by atoms with Crippen LogP contribution in [0.3, 0.4) is 0 Å². The van der Waals surface area contributed by atoms with E-state index < -0.39 is 17.8 Å². The van der Waals surface area contributed by atoms with E-state index in [0.29, 0.717) is 17.8 Å². The molecule has 1 atom stereocenters. The fourth-order valence-electron chi connectivity index (χ4n) is 1.51. The second-order valence-corrected chi connectivity index (χ2v) is 4.44. The summed E-state index contributed by atoms with van der Waals surface area (Å²) in [6, 6.07) is 4.88. The minimum Gasteiger partial charge on any atom is -0.481 e. The lowest BCUT2D eigenvalue weighted by molar-refractivity contribution is -0.144. The predicted molar refractivity (Wildman–Crippen MR) is 74.6 cm³/mol. The minimum absolute atomic E-state index is 0.241. The number of amides is 2. The van der Waals surface area contributed by atoms with Gasteiger partial charge in [-0.3, -0.25) is 14.4 Å². The van der Waals surface area contributed by atoms with Crippen molar-refractivity contribution in [2.45, 2.75) is 20.8 Å². The molecule has 1 aromatic rings. The van der Waals surface area contributed by atoms with E-state index in [1.54, 1.807) is 19.1 Å². The highest BCUT2D eigenvalue weighted by Gasteiger charge is 2.21. The van der Waals surface area contributed by atoms with Gasteiger partial charge in [0.05, 0.1) is 0 Å². The van der Waals surface area contributed by atoms with Crippen molar-refractivity contribution in [1.82, 2.24) is 5.32 Å². The van der Waals surface area contributed by atoms with Gasteiger partial charge in [-0.15, -0.1) is 0 Å². The van der Waals surface area contributed by atoms with Crippen molar-refractivity contribution < 1.29 is 19.5 Å². The Morgan fingerprint density at radius 3 is 2.50 bits per heavy atom. The summed E-state index contributed by atoms with van der Waals surface area (Å²) in [4.78, 5) is 34.2. The molecule has 1 aromatic carbocycles. The number of carbonyl (C=O) groups excluding carboxylic acids is 2. The van der Waals surface area contributed by atoms with Gasteiger partial charge in [-0.05, 0) is 38.5 Å². The summed E-state index contributed by atoms with van der Waals surface area (Å²) in [5.41, 5.74) is 1.60.